The Morgan fingerprint density at radius 3 is 2.76 bits per heavy atom. The maximum absolute atomic E-state index is 11.9. The third-order valence-corrected chi connectivity index (χ3v) is 4.24. The summed E-state index contributed by atoms with van der Waals surface area (Å²) in [6.07, 6.45) is 3.47. The fourth-order valence-corrected chi connectivity index (χ4v) is 3.36. The zero-order chi connectivity index (χ0) is 17.8. The number of H-pyrrole nitrogens is 1. The van der Waals surface area contributed by atoms with Gasteiger partial charge in [0, 0.05) is 27.1 Å². The molecule has 0 radical (unpaired) electrons. The SMILES string of the molecule is Cc1cc(Br)cc(C)c1OCC(=O)N/N=C/c1c[nH]c2ccccc12. The summed E-state index contributed by atoms with van der Waals surface area (Å²) < 4.78 is 6.62. The largest absolute Gasteiger partial charge is 0.483 e. The summed E-state index contributed by atoms with van der Waals surface area (Å²) in [5.41, 5.74) is 6.38. The first-order chi connectivity index (χ1) is 12.0. The Kier molecular flexibility index (Phi) is 5.19. The number of amides is 1. The zero-order valence-corrected chi connectivity index (χ0v) is 15.6. The van der Waals surface area contributed by atoms with Crippen molar-refractivity contribution in [2.24, 2.45) is 5.10 Å². The molecule has 0 fully saturated rings. The number of carbonyl (C=O) groups is 1. The van der Waals surface area contributed by atoms with Crippen molar-refractivity contribution in [2.45, 2.75) is 13.8 Å². The van der Waals surface area contributed by atoms with Crippen LogP contribution in [-0.2, 0) is 4.79 Å². The molecule has 3 aromatic rings. The van der Waals surface area contributed by atoms with Gasteiger partial charge in [-0.15, -0.1) is 0 Å². The van der Waals surface area contributed by atoms with Crippen molar-refractivity contribution in [1.29, 1.82) is 0 Å². The number of nitrogens with zero attached hydrogens (tertiary/aromatic N) is 1. The fourth-order valence-electron chi connectivity index (χ4n) is 2.67. The summed E-state index contributed by atoms with van der Waals surface area (Å²) in [6.45, 7) is 3.80. The van der Waals surface area contributed by atoms with Gasteiger partial charge in [-0.3, -0.25) is 4.79 Å². The van der Waals surface area contributed by atoms with E-state index in [0.717, 1.165) is 37.8 Å². The maximum Gasteiger partial charge on any atom is 0.277 e. The summed E-state index contributed by atoms with van der Waals surface area (Å²) in [7, 11) is 0. The van der Waals surface area contributed by atoms with Gasteiger partial charge < -0.3 is 9.72 Å². The summed E-state index contributed by atoms with van der Waals surface area (Å²) in [4.78, 5) is 15.1. The topological polar surface area (TPSA) is 66.5 Å². The Balaban J connectivity index is 1.58. The summed E-state index contributed by atoms with van der Waals surface area (Å²) in [5, 5.41) is 5.06. The number of hydrazone groups is 1. The molecule has 0 spiro atoms. The molecule has 6 heteroatoms. The number of benzene rings is 2. The van der Waals surface area contributed by atoms with Gasteiger partial charge in [-0.25, -0.2) is 5.43 Å². The van der Waals surface area contributed by atoms with Gasteiger partial charge in [0.05, 0.1) is 6.21 Å². The number of aromatic amines is 1. The minimum Gasteiger partial charge on any atom is -0.483 e. The van der Waals surface area contributed by atoms with Gasteiger partial charge in [-0.2, -0.15) is 5.10 Å². The first kappa shape index (κ1) is 17.2. The molecule has 3 rings (SSSR count). The van der Waals surface area contributed by atoms with Crippen LogP contribution in [0.1, 0.15) is 16.7 Å². The average molecular weight is 400 g/mol. The van der Waals surface area contributed by atoms with Crippen LogP contribution in [0, 0.1) is 13.8 Å². The van der Waals surface area contributed by atoms with Crippen LogP contribution < -0.4 is 10.2 Å². The van der Waals surface area contributed by atoms with Gasteiger partial charge in [0.15, 0.2) is 6.61 Å². The van der Waals surface area contributed by atoms with E-state index in [0.29, 0.717) is 0 Å². The van der Waals surface area contributed by atoms with Crippen LogP contribution >= 0.6 is 15.9 Å². The number of hydrogen-bond acceptors (Lipinski definition) is 3. The van der Waals surface area contributed by atoms with Crippen LogP contribution in [0.5, 0.6) is 5.75 Å². The number of halogens is 1. The van der Waals surface area contributed by atoms with Crippen LogP contribution in [0.25, 0.3) is 10.9 Å². The molecular formula is C19H18BrN3O2. The van der Waals surface area contributed by atoms with Gasteiger partial charge in [-0.1, -0.05) is 34.1 Å². The van der Waals surface area contributed by atoms with Gasteiger partial charge in [0.1, 0.15) is 5.75 Å². The molecule has 1 amide bonds. The quantitative estimate of drug-likeness (QED) is 0.501. The van der Waals surface area contributed by atoms with E-state index < -0.39 is 0 Å². The number of fused-ring (bicyclic) bond motifs is 1. The van der Waals surface area contributed by atoms with Crippen LogP contribution in [-0.4, -0.2) is 23.7 Å². The number of rotatable bonds is 5. The Labute approximate surface area is 154 Å². The lowest BCUT2D eigenvalue weighted by molar-refractivity contribution is -0.123. The van der Waals surface area contributed by atoms with Crippen molar-refractivity contribution in [3.63, 3.8) is 0 Å². The molecular weight excluding hydrogens is 382 g/mol. The minimum atomic E-state index is -0.308. The van der Waals surface area contributed by atoms with Crippen molar-refractivity contribution >= 4 is 39.0 Å². The van der Waals surface area contributed by atoms with E-state index in [9.17, 15) is 4.79 Å². The van der Waals surface area contributed by atoms with E-state index in [-0.39, 0.29) is 12.5 Å². The highest BCUT2D eigenvalue weighted by Crippen LogP contribution is 2.27. The second kappa shape index (κ2) is 7.53. The standard InChI is InChI=1S/C19H18BrN3O2/c1-12-7-15(20)8-13(2)19(12)25-11-18(24)23-22-10-14-9-21-17-6-4-3-5-16(14)17/h3-10,21H,11H2,1-2H3,(H,23,24)/b22-10+. The van der Waals surface area contributed by atoms with Crippen molar-refractivity contribution in [3.05, 3.63) is 63.8 Å². The van der Waals surface area contributed by atoms with Crippen LogP contribution in [0.2, 0.25) is 0 Å². The molecule has 0 unspecified atom stereocenters. The zero-order valence-electron chi connectivity index (χ0n) is 14.0. The van der Waals surface area contributed by atoms with Gasteiger partial charge in [0.25, 0.3) is 5.91 Å². The smallest absolute Gasteiger partial charge is 0.277 e. The molecule has 2 aromatic carbocycles. The molecule has 0 aliphatic carbocycles. The van der Waals surface area contributed by atoms with Crippen LogP contribution in [0.15, 0.2) is 52.2 Å². The Hall–Kier alpha value is -2.60. The fraction of sp³-hybridized carbons (Fsp3) is 0.158. The van der Waals surface area contributed by atoms with E-state index in [2.05, 4.69) is 31.4 Å². The van der Waals surface area contributed by atoms with Crippen LogP contribution in [0.4, 0.5) is 0 Å². The highest BCUT2D eigenvalue weighted by molar-refractivity contribution is 9.10. The number of carbonyl (C=O) groups excluding carboxylic acids is 1. The lowest BCUT2D eigenvalue weighted by Crippen LogP contribution is -2.25. The monoisotopic (exact) mass is 399 g/mol. The number of nitrogens with one attached hydrogen (secondary N) is 2. The average Bonchev–Trinajstić information content (AvgIpc) is 2.97. The molecule has 0 saturated heterocycles. The third-order valence-electron chi connectivity index (χ3n) is 3.79. The lowest BCUT2D eigenvalue weighted by atomic mass is 10.1. The molecule has 25 heavy (non-hydrogen) atoms. The number of para-hydroxylation sites is 1. The molecule has 1 aromatic heterocycles. The second-order valence-electron chi connectivity index (χ2n) is 5.74. The molecule has 0 saturated carbocycles. The molecule has 0 aliphatic rings. The van der Waals surface area contributed by atoms with Crippen molar-refractivity contribution in [1.82, 2.24) is 10.4 Å². The predicted molar refractivity (Wildman–Crippen MR) is 103 cm³/mol. The van der Waals surface area contributed by atoms with Crippen LogP contribution in [0.3, 0.4) is 0 Å². The molecule has 0 bridgehead atoms. The maximum atomic E-state index is 11.9. The van der Waals surface area contributed by atoms with Gasteiger partial charge in [0.2, 0.25) is 0 Å². The molecule has 2 N–H and O–H groups in total. The van der Waals surface area contributed by atoms with E-state index in [4.69, 9.17) is 4.74 Å². The number of hydrogen-bond donors (Lipinski definition) is 2. The molecule has 0 atom stereocenters. The summed E-state index contributed by atoms with van der Waals surface area (Å²) >= 11 is 3.44. The number of aromatic nitrogens is 1. The van der Waals surface area contributed by atoms with Gasteiger partial charge >= 0.3 is 0 Å². The van der Waals surface area contributed by atoms with Crippen molar-refractivity contribution < 1.29 is 9.53 Å². The Bertz CT molecular complexity index is 924. The van der Waals surface area contributed by atoms with E-state index >= 15 is 0 Å². The third kappa shape index (κ3) is 4.09. The molecule has 128 valence electrons. The molecule has 1 heterocycles. The second-order valence-corrected chi connectivity index (χ2v) is 6.66. The van der Waals surface area contributed by atoms with E-state index in [1.165, 1.54) is 0 Å². The highest BCUT2D eigenvalue weighted by atomic mass is 79.9. The number of aryl methyl sites for hydroxylation is 2. The van der Waals surface area contributed by atoms with E-state index in [1.807, 2.05) is 56.4 Å². The van der Waals surface area contributed by atoms with Crippen molar-refractivity contribution in [2.75, 3.05) is 6.61 Å². The first-order valence-electron chi connectivity index (χ1n) is 7.82. The highest BCUT2D eigenvalue weighted by Gasteiger charge is 2.08. The Morgan fingerprint density at radius 1 is 1.28 bits per heavy atom. The van der Waals surface area contributed by atoms with Crippen molar-refractivity contribution in [3.8, 4) is 5.75 Å². The summed E-state index contributed by atoms with van der Waals surface area (Å²) in [5.74, 6) is 0.414. The molecule has 5 nitrogen and oxygen atoms in total. The summed E-state index contributed by atoms with van der Waals surface area (Å²) in [6, 6.07) is 11.8. The normalized spacial score (nSPS) is 11.2. The van der Waals surface area contributed by atoms with Gasteiger partial charge in [-0.05, 0) is 43.2 Å². The Morgan fingerprint density at radius 2 is 2.00 bits per heavy atom. The van der Waals surface area contributed by atoms with E-state index in [1.54, 1.807) is 6.21 Å². The molecule has 0 aliphatic heterocycles. The first-order valence-corrected chi connectivity index (χ1v) is 8.61. The lowest BCUT2D eigenvalue weighted by Gasteiger charge is -2.11. The number of ether oxygens (including phenoxy) is 1. The minimum absolute atomic E-state index is 0.0888. The predicted octanol–water partition coefficient (Wildman–Crippen LogP) is 4.08.